The molecule has 0 radical (unpaired) electrons. The van der Waals surface area contributed by atoms with E-state index in [1.807, 2.05) is 0 Å². The van der Waals surface area contributed by atoms with E-state index in [1.165, 1.54) is 16.4 Å². The fraction of sp³-hybridized carbons (Fsp3) is 0.538. The molecular formula is C13H20ClFN2O2S. The Morgan fingerprint density at radius 3 is 2.35 bits per heavy atom. The molecule has 0 aliphatic carbocycles. The molecule has 0 unspecified atom stereocenters. The third-order valence-corrected chi connectivity index (χ3v) is 5.22. The van der Waals surface area contributed by atoms with Gasteiger partial charge >= 0.3 is 0 Å². The Morgan fingerprint density at radius 1 is 1.15 bits per heavy atom. The maximum atomic E-state index is 13.6. The van der Waals surface area contributed by atoms with E-state index in [-0.39, 0.29) is 23.1 Å². The van der Waals surface area contributed by atoms with Crippen LogP contribution in [0.3, 0.4) is 0 Å². The van der Waals surface area contributed by atoms with Crippen molar-refractivity contribution in [2.45, 2.75) is 25.2 Å². The van der Waals surface area contributed by atoms with Gasteiger partial charge in [-0.05, 0) is 50.1 Å². The first kappa shape index (κ1) is 17.4. The maximum absolute atomic E-state index is 13.6. The molecule has 0 bridgehead atoms. The summed E-state index contributed by atoms with van der Waals surface area (Å²) in [6, 6.07) is 2.83. The molecule has 0 amide bonds. The van der Waals surface area contributed by atoms with E-state index in [9.17, 15) is 12.8 Å². The number of benzene rings is 1. The van der Waals surface area contributed by atoms with Crippen molar-refractivity contribution in [2.24, 2.45) is 0 Å². The predicted molar refractivity (Wildman–Crippen MR) is 79.4 cm³/mol. The molecule has 1 fully saturated rings. The third kappa shape index (κ3) is 3.49. The summed E-state index contributed by atoms with van der Waals surface area (Å²) >= 11 is 0. The topological polar surface area (TPSA) is 49.4 Å². The predicted octanol–water partition coefficient (Wildman–Crippen LogP) is 1.85. The molecule has 0 atom stereocenters. The summed E-state index contributed by atoms with van der Waals surface area (Å²) in [5.41, 5.74) is 0.734. The lowest BCUT2D eigenvalue weighted by Crippen LogP contribution is -2.34. The van der Waals surface area contributed by atoms with Crippen LogP contribution < -0.4 is 5.32 Å². The smallest absolute Gasteiger partial charge is 0.243 e. The van der Waals surface area contributed by atoms with Gasteiger partial charge in [0.05, 0.1) is 4.90 Å². The van der Waals surface area contributed by atoms with Gasteiger partial charge in [0, 0.05) is 19.6 Å². The van der Waals surface area contributed by atoms with Crippen LogP contribution in [-0.4, -0.2) is 38.9 Å². The second-order valence-electron chi connectivity index (χ2n) is 4.88. The fourth-order valence-corrected chi connectivity index (χ4v) is 3.92. The number of aryl methyl sites for hydroxylation is 2. The molecule has 114 valence electrons. The van der Waals surface area contributed by atoms with Gasteiger partial charge in [0.1, 0.15) is 5.82 Å². The minimum Gasteiger partial charge on any atom is -0.315 e. The summed E-state index contributed by atoms with van der Waals surface area (Å²) in [7, 11) is -3.52. The normalized spacial score (nSPS) is 17.4. The van der Waals surface area contributed by atoms with Crippen molar-refractivity contribution in [2.75, 3.05) is 26.2 Å². The lowest BCUT2D eigenvalue weighted by Gasteiger charge is -2.20. The average Bonchev–Trinajstić information content (AvgIpc) is 2.64. The van der Waals surface area contributed by atoms with Crippen LogP contribution in [0, 0.1) is 19.7 Å². The minimum atomic E-state index is -3.52. The summed E-state index contributed by atoms with van der Waals surface area (Å²) in [5.74, 6) is -0.337. The SMILES string of the molecule is Cc1cc(S(=O)(=O)N2CCCNCC2)cc(C)c1F.Cl. The zero-order valence-corrected chi connectivity index (χ0v) is 13.3. The van der Waals surface area contributed by atoms with Gasteiger partial charge in [0.15, 0.2) is 0 Å². The molecule has 20 heavy (non-hydrogen) atoms. The molecule has 2 rings (SSSR count). The van der Waals surface area contributed by atoms with Crippen molar-refractivity contribution < 1.29 is 12.8 Å². The van der Waals surface area contributed by atoms with Crippen LogP contribution in [0.5, 0.6) is 0 Å². The van der Waals surface area contributed by atoms with Crippen LogP contribution in [0.2, 0.25) is 0 Å². The first-order chi connectivity index (χ1) is 8.93. The van der Waals surface area contributed by atoms with E-state index in [1.54, 1.807) is 13.8 Å². The lowest BCUT2D eigenvalue weighted by atomic mass is 10.1. The van der Waals surface area contributed by atoms with Crippen molar-refractivity contribution in [3.8, 4) is 0 Å². The van der Waals surface area contributed by atoms with Crippen LogP contribution >= 0.6 is 12.4 Å². The van der Waals surface area contributed by atoms with Crippen molar-refractivity contribution in [3.63, 3.8) is 0 Å². The van der Waals surface area contributed by atoms with Crippen LogP contribution in [0.1, 0.15) is 17.5 Å². The fourth-order valence-electron chi connectivity index (χ4n) is 2.27. The second kappa shape index (κ2) is 6.85. The van der Waals surface area contributed by atoms with Gasteiger partial charge < -0.3 is 5.32 Å². The Labute approximate surface area is 125 Å². The summed E-state index contributed by atoms with van der Waals surface area (Å²) in [6.45, 7) is 5.62. The summed E-state index contributed by atoms with van der Waals surface area (Å²) in [6.07, 6.45) is 0.790. The van der Waals surface area contributed by atoms with E-state index in [0.29, 0.717) is 30.8 Å². The van der Waals surface area contributed by atoms with E-state index in [0.717, 1.165) is 13.0 Å². The Balaban J connectivity index is 0.00000200. The van der Waals surface area contributed by atoms with E-state index in [2.05, 4.69) is 5.32 Å². The van der Waals surface area contributed by atoms with Gasteiger partial charge in [0.25, 0.3) is 0 Å². The van der Waals surface area contributed by atoms with Crippen molar-refractivity contribution in [1.29, 1.82) is 0 Å². The molecule has 1 aromatic carbocycles. The van der Waals surface area contributed by atoms with Crippen LogP contribution in [0.25, 0.3) is 0 Å². The van der Waals surface area contributed by atoms with E-state index >= 15 is 0 Å². The maximum Gasteiger partial charge on any atom is 0.243 e. The molecular weight excluding hydrogens is 303 g/mol. The second-order valence-corrected chi connectivity index (χ2v) is 6.82. The number of hydrogen-bond acceptors (Lipinski definition) is 3. The number of nitrogens with zero attached hydrogens (tertiary/aromatic N) is 1. The molecule has 1 aromatic rings. The summed E-state index contributed by atoms with van der Waals surface area (Å²) in [5, 5.41) is 3.17. The highest BCUT2D eigenvalue weighted by molar-refractivity contribution is 7.89. The standard InChI is InChI=1S/C13H19FN2O2S.ClH/c1-10-8-12(9-11(2)13(10)14)19(17,18)16-6-3-4-15-5-7-16;/h8-9,15H,3-7H2,1-2H3;1H. The molecule has 1 saturated heterocycles. The number of rotatable bonds is 2. The summed E-state index contributed by atoms with van der Waals surface area (Å²) < 4.78 is 40.1. The number of sulfonamides is 1. The molecule has 1 heterocycles. The summed E-state index contributed by atoms with van der Waals surface area (Å²) in [4.78, 5) is 0.186. The molecule has 0 aromatic heterocycles. The zero-order chi connectivity index (χ0) is 14.0. The first-order valence-electron chi connectivity index (χ1n) is 6.40. The van der Waals surface area contributed by atoms with Gasteiger partial charge in [0.2, 0.25) is 10.0 Å². The van der Waals surface area contributed by atoms with Crippen molar-refractivity contribution in [3.05, 3.63) is 29.1 Å². The van der Waals surface area contributed by atoms with Crippen LogP contribution in [0.4, 0.5) is 4.39 Å². The molecule has 1 aliphatic heterocycles. The van der Waals surface area contributed by atoms with Gasteiger partial charge in [-0.25, -0.2) is 12.8 Å². The van der Waals surface area contributed by atoms with E-state index < -0.39 is 10.0 Å². The van der Waals surface area contributed by atoms with Crippen LogP contribution in [-0.2, 0) is 10.0 Å². The third-order valence-electron chi connectivity index (χ3n) is 3.35. The van der Waals surface area contributed by atoms with Crippen molar-refractivity contribution in [1.82, 2.24) is 9.62 Å². The van der Waals surface area contributed by atoms with Gasteiger partial charge in [-0.2, -0.15) is 4.31 Å². The molecule has 0 spiro atoms. The van der Waals surface area contributed by atoms with Gasteiger partial charge in [-0.1, -0.05) is 0 Å². The quantitative estimate of drug-likeness (QED) is 0.904. The highest BCUT2D eigenvalue weighted by Gasteiger charge is 2.26. The average molecular weight is 323 g/mol. The highest BCUT2D eigenvalue weighted by atomic mass is 35.5. The minimum absolute atomic E-state index is 0. The van der Waals surface area contributed by atoms with Crippen molar-refractivity contribution >= 4 is 22.4 Å². The first-order valence-corrected chi connectivity index (χ1v) is 7.84. The van der Waals surface area contributed by atoms with Crippen LogP contribution in [0.15, 0.2) is 17.0 Å². The lowest BCUT2D eigenvalue weighted by molar-refractivity contribution is 0.431. The largest absolute Gasteiger partial charge is 0.315 e. The number of hydrogen-bond donors (Lipinski definition) is 1. The molecule has 1 aliphatic rings. The number of nitrogens with one attached hydrogen (secondary N) is 1. The Kier molecular flexibility index (Phi) is 5.94. The highest BCUT2D eigenvalue weighted by Crippen LogP contribution is 2.22. The van der Waals surface area contributed by atoms with E-state index in [4.69, 9.17) is 0 Å². The monoisotopic (exact) mass is 322 g/mol. The molecule has 1 N–H and O–H groups in total. The number of halogens is 2. The molecule has 7 heteroatoms. The molecule has 4 nitrogen and oxygen atoms in total. The molecule has 0 saturated carbocycles. The van der Waals surface area contributed by atoms with Gasteiger partial charge in [-0.15, -0.1) is 12.4 Å². The zero-order valence-electron chi connectivity index (χ0n) is 11.6. The Morgan fingerprint density at radius 2 is 1.75 bits per heavy atom. The Bertz CT molecular complexity index is 547. The van der Waals surface area contributed by atoms with Gasteiger partial charge in [-0.3, -0.25) is 0 Å². The Hall–Kier alpha value is -0.690.